The molecule has 2 aliphatic heterocycles. The van der Waals surface area contributed by atoms with E-state index in [4.69, 9.17) is 0 Å². The Labute approximate surface area is 195 Å². The minimum Gasteiger partial charge on any atom is -0.333 e. The fourth-order valence-corrected chi connectivity index (χ4v) is 7.55. The molecular formula is C23H29N3O5S2. The predicted octanol–water partition coefficient (Wildman–Crippen LogP) is 1.21. The molecule has 33 heavy (non-hydrogen) atoms. The van der Waals surface area contributed by atoms with Gasteiger partial charge in [0.1, 0.15) is 0 Å². The number of carbonyl (C=O) groups is 1. The minimum absolute atomic E-state index is 0.00529. The third-order valence-corrected chi connectivity index (χ3v) is 9.90. The van der Waals surface area contributed by atoms with Crippen LogP contribution in [-0.2, 0) is 31.2 Å². The van der Waals surface area contributed by atoms with Gasteiger partial charge in [-0.05, 0) is 24.1 Å². The Bertz CT molecular complexity index is 1160. The maximum absolute atomic E-state index is 13.3. The average Bonchev–Trinajstić information content (AvgIpc) is 3.18. The van der Waals surface area contributed by atoms with E-state index >= 15 is 0 Å². The van der Waals surface area contributed by atoms with Crippen LogP contribution in [0.4, 0.5) is 0 Å². The van der Waals surface area contributed by atoms with Gasteiger partial charge in [0, 0.05) is 38.8 Å². The van der Waals surface area contributed by atoms with Gasteiger partial charge in [0.2, 0.25) is 15.9 Å². The monoisotopic (exact) mass is 491 g/mol. The molecular weight excluding hydrogens is 462 g/mol. The molecule has 1 amide bonds. The van der Waals surface area contributed by atoms with Crippen LogP contribution in [0.15, 0.2) is 65.6 Å². The normalized spacial score (nSPS) is 21.6. The molecule has 2 saturated heterocycles. The van der Waals surface area contributed by atoms with Crippen LogP contribution in [0.3, 0.4) is 0 Å². The SMILES string of the molecule is O=C(CN1CCN(S(=O)(=O)c2ccccc2)CC1)N(Cc1ccccc1)[C@@H]1CCS(=O)(=O)C1. The largest absolute Gasteiger partial charge is 0.333 e. The van der Waals surface area contributed by atoms with Crippen molar-refractivity contribution in [3.63, 3.8) is 0 Å². The lowest BCUT2D eigenvalue weighted by Crippen LogP contribution is -2.52. The molecule has 2 aliphatic rings. The molecule has 2 heterocycles. The second-order valence-electron chi connectivity index (χ2n) is 8.56. The number of rotatable bonds is 7. The van der Waals surface area contributed by atoms with Crippen LogP contribution in [-0.4, -0.2) is 87.1 Å². The molecule has 0 saturated carbocycles. The van der Waals surface area contributed by atoms with E-state index in [2.05, 4.69) is 0 Å². The standard InChI is InChI=1S/C23H29N3O5S2/c27-23(26(17-20-7-3-1-4-8-20)21-11-16-32(28,29)19-21)18-24-12-14-25(15-13-24)33(30,31)22-9-5-2-6-10-22/h1-10,21H,11-19H2/t21-/m1/s1. The van der Waals surface area contributed by atoms with Crippen molar-refractivity contribution in [2.24, 2.45) is 0 Å². The van der Waals surface area contributed by atoms with Gasteiger partial charge in [0.25, 0.3) is 0 Å². The van der Waals surface area contributed by atoms with Crippen molar-refractivity contribution in [3.8, 4) is 0 Å². The minimum atomic E-state index is -3.55. The molecule has 0 unspecified atom stereocenters. The lowest BCUT2D eigenvalue weighted by atomic mass is 10.1. The van der Waals surface area contributed by atoms with Gasteiger partial charge >= 0.3 is 0 Å². The number of amides is 1. The number of hydrogen-bond acceptors (Lipinski definition) is 6. The number of nitrogens with zero attached hydrogens (tertiary/aromatic N) is 3. The molecule has 1 atom stereocenters. The first-order valence-corrected chi connectivity index (χ1v) is 14.3. The van der Waals surface area contributed by atoms with Gasteiger partial charge in [-0.25, -0.2) is 16.8 Å². The molecule has 0 spiro atoms. The Kier molecular flexibility index (Phi) is 7.18. The summed E-state index contributed by atoms with van der Waals surface area (Å²) in [4.78, 5) is 17.2. The number of sulfonamides is 1. The van der Waals surface area contributed by atoms with Crippen molar-refractivity contribution < 1.29 is 21.6 Å². The van der Waals surface area contributed by atoms with Crippen molar-refractivity contribution in [2.45, 2.75) is 23.9 Å². The molecule has 10 heteroatoms. The highest BCUT2D eigenvalue weighted by Crippen LogP contribution is 2.22. The second kappa shape index (κ2) is 9.92. The van der Waals surface area contributed by atoms with E-state index in [0.717, 1.165) is 5.56 Å². The fraction of sp³-hybridized carbons (Fsp3) is 0.435. The second-order valence-corrected chi connectivity index (χ2v) is 12.7. The average molecular weight is 492 g/mol. The van der Waals surface area contributed by atoms with E-state index in [1.165, 1.54) is 4.31 Å². The van der Waals surface area contributed by atoms with Gasteiger partial charge in [-0.2, -0.15) is 4.31 Å². The van der Waals surface area contributed by atoms with E-state index in [-0.39, 0.29) is 34.9 Å². The van der Waals surface area contributed by atoms with Gasteiger partial charge in [0.15, 0.2) is 9.84 Å². The molecule has 4 rings (SSSR count). The summed E-state index contributed by atoms with van der Waals surface area (Å²) in [6.45, 7) is 2.01. The molecule has 0 aromatic heterocycles. The predicted molar refractivity (Wildman–Crippen MR) is 126 cm³/mol. The van der Waals surface area contributed by atoms with Gasteiger partial charge in [0.05, 0.1) is 22.9 Å². The number of hydrogen-bond donors (Lipinski definition) is 0. The zero-order valence-corrected chi connectivity index (χ0v) is 20.0. The van der Waals surface area contributed by atoms with Crippen LogP contribution >= 0.6 is 0 Å². The first kappa shape index (κ1) is 23.9. The lowest BCUT2D eigenvalue weighted by molar-refractivity contribution is -0.135. The number of piperazine rings is 1. The molecule has 0 N–H and O–H groups in total. The summed E-state index contributed by atoms with van der Waals surface area (Å²) in [7, 11) is -6.68. The summed E-state index contributed by atoms with van der Waals surface area (Å²) in [6.07, 6.45) is 0.448. The van der Waals surface area contributed by atoms with E-state index in [0.29, 0.717) is 39.1 Å². The summed E-state index contributed by atoms with van der Waals surface area (Å²) in [5.74, 6) is -0.0266. The van der Waals surface area contributed by atoms with Crippen molar-refractivity contribution in [1.29, 1.82) is 0 Å². The maximum Gasteiger partial charge on any atom is 0.243 e. The summed E-state index contributed by atoms with van der Waals surface area (Å²) in [5.41, 5.74) is 0.953. The fourth-order valence-electron chi connectivity index (χ4n) is 4.37. The first-order valence-electron chi connectivity index (χ1n) is 11.1. The zero-order chi connectivity index (χ0) is 23.5. The van der Waals surface area contributed by atoms with Gasteiger partial charge in [-0.15, -0.1) is 0 Å². The molecule has 0 radical (unpaired) electrons. The highest BCUT2D eigenvalue weighted by atomic mass is 32.2. The maximum atomic E-state index is 13.3. The molecule has 0 aliphatic carbocycles. The van der Waals surface area contributed by atoms with Crippen LogP contribution in [0, 0.1) is 0 Å². The molecule has 0 bridgehead atoms. The molecule has 178 valence electrons. The Morgan fingerprint density at radius 2 is 1.55 bits per heavy atom. The van der Waals surface area contributed by atoms with Crippen LogP contribution in [0.5, 0.6) is 0 Å². The summed E-state index contributed by atoms with van der Waals surface area (Å²) >= 11 is 0. The van der Waals surface area contributed by atoms with Gasteiger partial charge < -0.3 is 4.90 Å². The van der Waals surface area contributed by atoms with E-state index in [9.17, 15) is 21.6 Å². The summed E-state index contributed by atoms with van der Waals surface area (Å²) in [5, 5.41) is 0. The Morgan fingerprint density at radius 3 is 2.12 bits per heavy atom. The summed E-state index contributed by atoms with van der Waals surface area (Å²) in [6, 6.07) is 17.6. The van der Waals surface area contributed by atoms with Crippen molar-refractivity contribution in [3.05, 3.63) is 66.2 Å². The first-order chi connectivity index (χ1) is 15.7. The third kappa shape index (κ3) is 5.81. The number of carbonyl (C=O) groups excluding carboxylic acids is 1. The van der Waals surface area contributed by atoms with Crippen LogP contribution < -0.4 is 0 Å². The van der Waals surface area contributed by atoms with Crippen LogP contribution in [0.25, 0.3) is 0 Å². The highest BCUT2D eigenvalue weighted by Gasteiger charge is 2.36. The number of sulfone groups is 1. The van der Waals surface area contributed by atoms with Crippen LogP contribution in [0.1, 0.15) is 12.0 Å². The molecule has 2 aromatic rings. The number of benzene rings is 2. The zero-order valence-electron chi connectivity index (χ0n) is 18.4. The van der Waals surface area contributed by atoms with Crippen molar-refractivity contribution >= 4 is 25.8 Å². The molecule has 2 aromatic carbocycles. The molecule has 2 fully saturated rings. The topological polar surface area (TPSA) is 95.1 Å². The smallest absolute Gasteiger partial charge is 0.243 e. The van der Waals surface area contributed by atoms with E-state index in [1.807, 2.05) is 35.2 Å². The quantitative estimate of drug-likeness (QED) is 0.578. The van der Waals surface area contributed by atoms with Crippen molar-refractivity contribution in [2.75, 3.05) is 44.2 Å². The Morgan fingerprint density at radius 1 is 0.939 bits per heavy atom. The Balaban J connectivity index is 1.40. The van der Waals surface area contributed by atoms with E-state index in [1.54, 1.807) is 35.2 Å². The van der Waals surface area contributed by atoms with Gasteiger partial charge in [-0.1, -0.05) is 48.5 Å². The molecule has 8 nitrogen and oxygen atoms in total. The Hall–Kier alpha value is -2.27. The van der Waals surface area contributed by atoms with Crippen molar-refractivity contribution in [1.82, 2.24) is 14.1 Å². The highest BCUT2D eigenvalue weighted by molar-refractivity contribution is 7.91. The van der Waals surface area contributed by atoms with Crippen LogP contribution in [0.2, 0.25) is 0 Å². The van der Waals surface area contributed by atoms with E-state index < -0.39 is 19.9 Å². The third-order valence-electron chi connectivity index (χ3n) is 6.24. The summed E-state index contributed by atoms with van der Waals surface area (Å²) < 4.78 is 51.2. The van der Waals surface area contributed by atoms with Gasteiger partial charge in [-0.3, -0.25) is 9.69 Å². The lowest BCUT2D eigenvalue weighted by Gasteiger charge is -2.36.